The van der Waals surface area contributed by atoms with Crippen LogP contribution in [0.25, 0.3) is 0 Å². The maximum Gasteiger partial charge on any atom is 0.306 e. The van der Waals surface area contributed by atoms with Crippen molar-refractivity contribution in [1.29, 1.82) is 0 Å². The van der Waals surface area contributed by atoms with E-state index in [-0.39, 0.29) is 23.8 Å². The van der Waals surface area contributed by atoms with Crippen LogP contribution in [0.4, 0.5) is 5.69 Å². The molecule has 0 spiro atoms. The molecule has 8 nitrogen and oxygen atoms in total. The summed E-state index contributed by atoms with van der Waals surface area (Å²) in [6, 6.07) is 1.16. The summed E-state index contributed by atoms with van der Waals surface area (Å²) in [6.45, 7) is 0.266. The Bertz CT molecular complexity index is 554. The number of nitro groups is 1. The van der Waals surface area contributed by atoms with Gasteiger partial charge in [-0.15, -0.1) is 0 Å². The summed E-state index contributed by atoms with van der Waals surface area (Å²) in [5.41, 5.74) is -0.0781. The van der Waals surface area contributed by atoms with Crippen molar-refractivity contribution in [3.63, 3.8) is 0 Å². The van der Waals surface area contributed by atoms with Crippen LogP contribution in [0.15, 0.2) is 12.3 Å². The number of carboxylic acids is 1. The van der Waals surface area contributed by atoms with Gasteiger partial charge in [-0.1, -0.05) is 12.8 Å². The summed E-state index contributed by atoms with van der Waals surface area (Å²) in [7, 11) is 0. The van der Waals surface area contributed by atoms with Crippen molar-refractivity contribution < 1.29 is 19.6 Å². The number of aromatic nitrogens is 1. The molecule has 1 aromatic rings. The minimum atomic E-state index is -0.829. The minimum absolute atomic E-state index is 0.0925. The summed E-state index contributed by atoms with van der Waals surface area (Å²) in [5.74, 6) is -1.82. The van der Waals surface area contributed by atoms with Gasteiger partial charge < -0.3 is 15.4 Å². The third kappa shape index (κ3) is 3.59. The molecule has 0 aliphatic heterocycles. The average Bonchev–Trinajstić information content (AvgIpc) is 2.95. The lowest BCUT2D eigenvalue weighted by molar-refractivity contribution is -0.384. The van der Waals surface area contributed by atoms with Crippen molar-refractivity contribution in [1.82, 2.24) is 10.3 Å². The molecule has 1 saturated carbocycles. The first-order chi connectivity index (χ1) is 9.99. The molecule has 2 atom stereocenters. The van der Waals surface area contributed by atoms with Gasteiger partial charge in [0.25, 0.3) is 11.6 Å². The summed E-state index contributed by atoms with van der Waals surface area (Å²) < 4.78 is 0. The van der Waals surface area contributed by atoms with E-state index in [1.165, 1.54) is 0 Å². The highest BCUT2D eigenvalue weighted by Gasteiger charge is 2.31. The molecule has 3 N–H and O–H groups in total. The number of carbonyl (C=O) groups excluding carboxylic acids is 1. The molecule has 0 radical (unpaired) electrons. The van der Waals surface area contributed by atoms with Crippen molar-refractivity contribution in [3.05, 3.63) is 28.1 Å². The molecule has 0 aromatic carbocycles. The number of rotatable bonds is 5. The molecule has 1 fully saturated rings. The maximum absolute atomic E-state index is 11.9. The predicted molar refractivity (Wildman–Crippen MR) is 72.9 cm³/mol. The second kappa shape index (κ2) is 6.38. The van der Waals surface area contributed by atoms with Gasteiger partial charge in [-0.3, -0.25) is 19.7 Å². The first kappa shape index (κ1) is 15.0. The second-order valence-electron chi connectivity index (χ2n) is 5.23. The Labute approximate surface area is 120 Å². The van der Waals surface area contributed by atoms with Gasteiger partial charge in [-0.05, 0) is 18.8 Å². The Morgan fingerprint density at radius 2 is 2.14 bits per heavy atom. The Balaban J connectivity index is 1.93. The number of aromatic amines is 1. The number of amides is 1. The van der Waals surface area contributed by atoms with Crippen LogP contribution in [0.1, 0.15) is 36.2 Å². The highest BCUT2D eigenvalue weighted by atomic mass is 16.6. The molecule has 2 unspecified atom stereocenters. The number of carboxylic acid groups (broad SMARTS) is 1. The van der Waals surface area contributed by atoms with E-state index >= 15 is 0 Å². The molecule has 1 heterocycles. The van der Waals surface area contributed by atoms with Gasteiger partial charge in [0.05, 0.1) is 17.0 Å². The zero-order chi connectivity index (χ0) is 15.4. The first-order valence-corrected chi connectivity index (χ1v) is 6.83. The summed E-state index contributed by atoms with van der Waals surface area (Å²) in [5, 5.41) is 22.4. The Morgan fingerprint density at radius 3 is 2.76 bits per heavy atom. The standard InChI is InChI=1S/C13H17N3O5/c17-12(11-5-9(7-14-11)16(20)21)15-6-8-3-1-2-4-10(8)13(18)19/h5,7-8,10,14H,1-4,6H2,(H,15,17)(H,18,19). The van der Waals surface area contributed by atoms with Gasteiger partial charge in [-0.25, -0.2) is 0 Å². The molecule has 1 aliphatic carbocycles. The van der Waals surface area contributed by atoms with Gasteiger partial charge in [-0.2, -0.15) is 0 Å². The molecule has 1 aromatic heterocycles. The van der Waals surface area contributed by atoms with E-state index in [2.05, 4.69) is 10.3 Å². The molecular weight excluding hydrogens is 278 g/mol. The van der Waals surface area contributed by atoms with E-state index < -0.39 is 22.7 Å². The topological polar surface area (TPSA) is 125 Å². The van der Waals surface area contributed by atoms with Crippen LogP contribution in [0, 0.1) is 22.0 Å². The number of carbonyl (C=O) groups is 2. The van der Waals surface area contributed by atoms with Crippen LogP contribution >= 0.6 is 0 Å². The van der Waals surface area contributed by atoms with Gasteiger partial charge in [0.1, 0.15) is 5.69 Å². The van der Waals surface area contributed by atoms with Crippen molar-refractivity contribution in [3.8, 4) is 0 Å². The molecule has 2 rings (SSSR count). The van der Waals surface area contributed by atoms with Crippen LogP contribution in [-0.2, 0) is 4.79 Å². The summed E-state index contributed by atoms with van der Waals surface area (Å²) in [6.07, 6.45) is 4.39. The van der Waals surface area contributed by atoms with Gasteiger partial charge in [0.2, 0.25) is 0 Å². The van der Waals surface area contributed by atoms with Gasteiger partial charge in [0, 0.05) is 12.6 Å². The van der Waals surface area contributed by atoms with Crippen LogP contribution in [0.3, 0.4) is 0 Å². The molecular formula is C13H17N3O5. The summed E-state index contributed by atoms with van der Waals surface area (Å²) in [4.78, 5) is 35.6. The van der Waals surface area contributed by atoms with Crippen LogP contribution < -0.4 is 5.32 Å². The van der Waals surface area contributed by atoms with Gasteiger partial charge >= 0.3 is 5.97 Å². The quantitative estimate of drug-likeness (QED) is 0.561. The predicted octanol–water partition coefficient (Wildman–Crippen LogP) is 1.54. The monoisotopic (exact) mass is 295 g/mol. The van der Waals surface area contributed by atoms with E-state index in [4.69, 9.17) is 5.11 Å². The van der Waals surface area contributed by atoms with Gasteiger partial charge in [0.15, 0.2) is 0 Å². The van der Waals surface area contributed by atoms with Crippen LogP contribution in [0.5, 0.6) is 0 Å². The average molecular weight is 295 g/mol. The van der Waals surface area contributed by atoms with Crippen molar-refractivity contribution in [2.75, 3.05) is 6.54 Å². The lowest BCUT2D eigenvalue weighted by atomic mass is 9.79. The zero-order valence-electron chi connectivity index (χ0n) is 11.4. The number of H-pyrrole nitrogens is 1. The molecule has 0 bridgehead atoms. The number of nitrogens with zero attached hydrogens (tertiary/aromatic N) is 1. The number of aliphatic carboxylic acids is 1. The Morgan fingerprint density at radius 1 is 1.43 bits per heavy atom. The van der Waals surface area contributed by atoms with E-state index in [0.717, 1.165) is 31.5 Å². The van der Waals surface area contributed by atoms with Crippen molar-refractivity contribution in [2.24, 2.45) is 11.8 Å². The van der Waals surface area contributed by atoms with Crippen molar-refractivity contribution >= 4 is 17.6 Å². The molecule has 1 amide bonds. The molecule has 0 saturated heterocycles. The Hall–Kier alpha value is -2.38. The fourth-order valence-electron chi connectivity index (χ4n) is 2.72. The molecule has 21 heavy (non-hydrogen) atoms. The fraction of sp³-hybridized carbons (Fsp3) is 0.538. The van der Waals surface area contributed by atoms with E-state index in [0.29, 0.717) is 6.42 Å². The van der Waals surface area contributed by atoms with Crippen LogP contribution in [0.2, 0.25) is 0 Å². The highest BCUT2D eigenvalue weighted by Crippen LogP contribution is 2.29. The molecule has 1 aliphatic rings. The fourth-order valence-corrected chi connectivity index (χ4v) is 2.72. The summed E-state index contributed by atoms with van der Waals surface area (Å²) >= 11 is 0. The molecule has 114 valence electrons. The van der Waals surface area contributed by atoms with Crippen molar-refractivity contribution in [2.45, 2.75) is 25.7 Å². The van der Waals surface area contributed by atoms with E-state index in [9.17, 15) is 19.7 Å². The normalized spacial score (nSPS) is 21.7. The lowest BCUT2D eigenvalue weighted by Gasteiger charge is -2.28. The van der Waals surface area contributed by atoms with Crippen LogP contribution in [-0.4, -0.2) is 33.4 Å². The first-order valence-electron chi connectivity index (χ1n) is 6.83. The van der Waals surface area contributed by atoms with E-state index in [1.807, 2.05) is 0 Å². The number of nitrogens with one attached hydrogen (secondary N) is 2. The number of hydrogen-bond donors (Lipinski definition) is 3. The third-order valence-corrected chi connectivity index (χ3v) is 3.87. The largest absolute Gasteiger partial charge is 0.481 e. The smallest absolute Gasteiger partial charge is 0.306 e. The van der Waals surface area contributed by atoms with E-state index in [1.54, 1.807) is 0 Å². The highest BCUT2D eigenvalue weighted by molar-refractivity contribution is 5.93. The third-order valence-electron chi connectivity index (χ3n) is 3.87. The number of hydrogen-bond acceptors (Lipinski definition) is 4. The second-order valence-corrected chi connectivity index (χ2v) is 5.23. The lowest BCUT2D eigenvalue weighted by Crippen LogP contribution is -2.37. The Kier molecular flexibility index (Phi) is 4.56. The maximum atomic E-state index is 11.9. The minimum Gasteiger partial charge on any atom is -0.481 e. The zero-order valence-corrected chi connectivity index (χ0v) is 11.4. The molecule has 8 heteroatoms. The SMILES string of the molecule is O=C(NCC1CCCCC1C(=O)O)c1cc([N+](=O)[O-])c[nH]1.